The number of carbonyl (C=O) groups excluding carboxylic acids is 2. The van der Waals surface area contributed by atoms with Gasteiger partial charge in [0, 0.05) is 12.0 Å². The Bertz CT molecular complexity index is 1110. The van der Waals surface area contributed by atoms with Crippen LogP contribution in [0.1, 0.15) is 52.5 Å². The average Bonchev–Trinajstić information content (AvgIpc) is 3.18. The lowest BCUT2D eigenvalue weighted by atomic mass is 9.97. The van der Waals surface area contributed by atoms with Crippen molar-refractivity contribution in [3.05, 3.63) is 23.3 Å². The molecule has 0 unspecified atom stereocenters. The van der Waals surface area contributed by atoms with Crippen molar-refractivity contribution >= 4 is 28.9 Å². The van der Waals surface area contributed by atoms with Gasteiger partial charge < -0.3 is 14.2 Å². The number of hydrogen-bond acceptors (Lipinski definition) is 6. The van der Waals surface area contributed by atoms with Crippen molar-refractivity contribution < 1.29 is 23.1 Å². The van der Waals surface area contributed by atoms with Gasteiger partial charge in [0.15, 0.2) is 18.4 Å². The highest BCUT2D eigenvalue weighted by Gasteiger charge is 2.33. The molecule has 0 atom stereocenters. The largest absolute Gasteiger partial charge is 0.443 e. The average molecular weight is 462 g/mol. The number of imidazole rings is 1. The smallest absolute Gasteiger partial charge is 0.310 e. The number of rotatable bonds is 5. The Morgan fingerprint density at radius 1 is 1.30 bits per heavy atom. The van der Waals surface area contributed by atoms with Gasteiger partial charge in [-0.2, -0.15) is 5.26 Å². The number of amides is 1. The van der Waals surface area contributed by atoms with Crippen LogP contribution in [0.25, 0.3) is 11.0 Å². The third-order valence-electron chi connectivity index (χ3n) is 5.83. The van der Waals surface area contributed by atoms with Gasteiger partial charge in [-0.25, -0.2) is 18.7 Å². The second-order valence-corrected chi connectivity index (χ2v) is 9.29. The van der Waals surface area contributed by atoms with Crippen LogP contribution >= 0.6 is 0 Å². The van der Waals surface area contributed by atoms with E-state index in [1.54, 1.807) is 33.8 Å². The maximum absolute atomic E-state index is 15.1. The van der Waals surface area contributed by atoms with Crippen LogP contribution in [0.3, 0.4) is 0 Å². The standard InChI is InChI=1S/C23H29F2N5O3/c1-6-17(31)29(13-33-21(32)14-7-9-28(5)10-8-14)22-27-19-16(24)11-15(12-26)18(25)20(19)30(22)23(2,3)4/h11,14H,6-10,13H2,1-5H3. The van der Waals surface area contributed by atoms with E-state index < -0.39 is 41.3 Å². The Balaban J connectivity index is 2.05. The zero-order valence-electron chi connectivity index (χ0n) is 19.6. The molecule has 178 valence electrons. The van der Waals surface area contributed by atoms with Gasteiger partial charge in [0.2, 0.25) is 11.9 Å². The minimum Gasteiger partial charge on any atom is -0.443 e. The molecule has 10 heteroatoms. The van der Waals surface area contributed by atoms with Gasteiger partial charge in [-0.15, -0.1) is 0 Å². The summed E-state index contributed by atoms with van der Waals surface area (Å²) in [6.07, 6.45) is 1.38. The van der Waals surface area contributed by atoms with E-state index in [1.165, 1.54) is 4.57 Å². The topological polar surface area (TPSA) is 91.5 Å². The second kappa shape index (κ2) is 9.43. The molecular formula is C23H29F2N5O3. The summed E-state index contributed by atoms with van der Waals surface area (Å²) >= 11 is 0. The molecule has 1 aromatic carbocycles. The normalized spacial score (nSPS) is 15.5. The van der Waals surface area contributed by atoms with Crippen molar-refractivity contribution in [2.24, 2.45) is 5.92 Å². The van der Waals surface area contributed by atoms with E-state index in [0.29, 0.717) is 12.8 Å². The fourth-order valence-electron chi connectivity index (χ4n) is 3.98. The molecule has 33 heavy (non-hydrogen) atoms. The molecule has 0 spiro atoms. The molecule has 8 nitrogen and oxygen atoms in total. The highest BCUT2D eigenvalue weighted by Crippen LogP contribution is 2.34. The first kappa shape index (κ1) is 24.6. The summed E-state index contributed by atoms with van der Waals surface area (Å²) in [6, 6.07) is 2.43. The molecule has 1 saturated heterocycles. The molecule has 1 aromatic heterocycles. The summed E-state index contributed by atoms with van der Waals surface area (Å²) < 4.78 is 36.7. The SMILES string of the molecule is CCC(=O)N(COC(=O)C1CCN(C)CC1)c1nc2c(F)cc(C#N)c(F)c2n1C(C)(C)C. The monoisotopic (exact) mass is 461 g/mol. The van der Waals surface area contributed by atoms with E-state index in [9.17, 15) is 19.2 Å². The number of piperidine rings is 1. The Labute approximate surface area is 191 Å². The Morgan fingerprint density at radius 2 is 1.94 bits per heavy atom. The number of esters is 1. The molecule has 0 aliphatic carbocycles. The first-order valence-electron chi connectivity index (χ1n) is 11.0. The molecule has 1 fully saturated rings. The summed E-state index contributed by atoms with van der Waals surface area (Å²) in [5.74, 6) is -2.95. The quantitative estimate of drug-likeness (QED) is 0.500. The number of carbonyl (C=O) groups is 2. The number of benzene rings is 1. The molecule has 0 saturated carbocycles. The minimum absolute atomic E-state index is 0.0478. The van der Waals surface area contributed by atoms with E-state index in [0.717, 1.165) is 24.1 Å². The summed E-state index contributed by atoms with van der Waals surface area (Å²) in [6.45, 7) is 7.99. The Hall–Kier alpha value is -3.06. The summed E-state index contributed by atoms with van der Waals surface area (Å²) in [4.78, 5) is 32.9. The minimum atomic E-state index is -0.921. The molecule has 0 N–H and O–H groups in total. The Morgan fingerprint density at radius 3 is 2.48 bits per heavy atom. The number of likely N-dealkylation sites (tertiary alicyclic amines) is 1. The van der Waals surface area contributed by atoms with Gasteiger partial charge in [-0.05, 0) is 59.8 Å². The molecule has 2 heterocycles. The summed E-state index contributed by atoms with van der Waals surface area (Å²) in [7, 11) is 1.98. The lowest BCUT2D eigenvalue weighted by Crippen LogP contribution is -2.40. The van der Waals surface area contributed by atoms with E-state index in [1.807, 2.05) is 7.05 Å². The van der Waals surface area contributed by atoms with Crippen LogP contribution < -0.4 is 4.90 Å². The fraction of sp³-hybridized carbons (Fsp3) is 0.565. The number of aromatic nitrogens is 2. The number of nitriles is 1. The van der Waals surface area contributed by atoms with E-state index in [4.69, 9.17) is 4.74 Å². The van der Waals surface area contributed by atoms with Crippen LogP contribution in [0, 0.1) is 28.9 Å². The highest BCUT2D eigenvalue weighted by atomic mass is 19.1. The van der Waals surface area contributed by atoms with Crippen molar-refractivity contribution in [2.45, 2.75) is 52.5 Å². The van der Waals surface area contributed by atoms with E-state index in [2.05, 4.69) is 9.88 Å². The van der Waals surface area contributed by atoms with Crippen LogP contribution in [-0.4, -0.2) is 53.2 Å². The van der Waals surface area contributed by atoms with Gasteiger partial charge in [0.05, 0.1) is 11.5 Å². The van der Waals surface area contributed by atoms with Gasteiger partial charge in [-0.1, -0.05) is 6.92 Å². The van der Waals surface area contributed by atoms with Crippen molar-refractivity contribution in [3.8, 4) is 6.07 Å². The molecule has 3 rings (SSSR count). The number of ether oxygens (including phenoxy) is 1. The predicted molar refractivity (Wildman–Crippen MR) is 118 cm³/mol. The third kappa shape index (κ3) is 4.83. The molecule has 1 aliphatic rings. The molecular weight excluding hydrogens is 432 g/mol. The van der Waals surface area contributed by atoms with Gasteiger partial charge in [0.1, 0.15) is 17.1 Å². The van der Waals surface area contributed by atoms with Crippen LogP contribution in [0.5, 0.6) is 0 Å². The number of halogens is 2. The maximum atomic E-state index is 15.1. The molecule has 0 radical (unpaired) electrons. The van der Waals surface area contributed by atoms with Crippen LogP contribution in [0.15, 0.2) is 6.07 Å². The van der Waals surface area contributed by atoms with Gasteiger partial charge in [-0.3, -0.25) is 9.59 Å². The van der Waals surface area contributed by atoms with Gasteiger partial charge >= 0.3 is 5.97 Å². The number of hydrogen-bond donors (Lipinski definition) is 0. The maximum Gasteiger partial charge on any atom is 0.310 e. The van der Waals surface area contributed by atoms with Gasteiger partial charge in [0.25, 0.3) is 0 Å². The highest BCUT2D eigenvalue weighted by molar-refractivity contribution is 5.94. The van der Waals surface area contributed by atoms with E-state index >= 15 is 4.39 Å². The number of fused-ring (bicyclic) bond motifs is 1. The number of nitrogens with zero attached hydrogens (tertiary/aromatic N) is 5. The zero-order chi connectivity index (χ0) is 24.5. The predicted octanol–water partition coefficient (Wildman–Crippen LogP) is 3.53. The molecule has 0 bridgehead atoms. The summed E-state index contributed by atoms with van der Waals surface area (Å²) in [5, 5.41) is 9.21. The third-order valence-corrected chi connectivity index (χ3v) is 5.83. The zero-order valence-corrected chi connectivity index (χ0v) is 19.6. The van der Waals surface area contributed by atoms with Crippen molar-refractivity contribution in [2.75, 3.05) is 31.8 Å². The van der Waals surface area contributed by atoms with E-state index in [-0.39, 0.29) is 29.3 Å². The fourth-order valence-corrected chi connectivity index (χ4v) is 3.98. The van der Waals surface area contributed by atoms with Crippen molar-refractivity contribution in [1.29, 1.82) is 5.26 Å². The molecule has 2 aromatic rings. The number of anilines is 1. The second-order valence-electron chi connectivity index (χ2n) is 9.29. The summed E-state index contributed by atoms with van der Waals surface area (Å²) in [5.41, 5.74) is -1.81. The van der Waals surface area contributed by atoms with Crippen molar-refractivity contribution in [3.63, 3.8) is 0 Å². The Kier molecular flexibility index (Phi) is 7.03. The molecule has 1 amide bonds. The lowest BCUT2D eigenvalue weighted by molar-refractivity contribution is -0.150. The van der Waals surface area contributed by atoms with Crippen LogP contribution in [0.2, 0.25) is 0 Å². The lowest BCUT2D eigenvalue weighted by Gasteiger charge is -2.30. The van der Waals surface area contributed by atoms with Crippen LogP contribution in [0.4, 0.5) is 14.7 Å². The first-order chi connectivity index (χ1) is 15.5. The molecule has 1 aliphatic heterocycles. The first-order valence-corrected chi connectivity index (χ1v) is 11.0. The van der Waals surface area contributed by atoms with Crippen LogP contribution in [-0.2, 0) is 19.9 Å². The van der Waals surface area contributed by atoms with Crippen molar-refractivity contribution in [1.82, 2.24) is 14.5 Å².